The number of carbonyl (C=O) groups excluding carboxylic acids is 2. The van der Waals surface area contributed by atoms with Gasteiger partial charge in [-0.1, -0.05) is 0 Å². The van der Waals surface area contributed by atoms with E-state index in [0.29, 0.717) is 18.1 Å². The minimum absolute atomic E-state index is 0.141. The summed E-state index contributed by atoms with van der Waals surface area (Å²) in [6.45, 7) is 4.09. The van der Waals surface area contributed by atoms with Gasteiger partial charge in [-0.15, -0.1) is 0 Å². The van der Waals surface area contributed by atoms with E-state index < -0.39 is 11.8 Å². The van der Waals surface area contributed by atoms with Crippen LogP contribution in [0.4, 0.5) is 0 Å². The van der Waals surface area contributed by atoms with Crippen LogP contribution in [0.15, 0.2) is 18.2 Å². The van der Waals surface area contributed by atoms with Crippen LogP contribution in [-0.4, -0.2) is 32.1 Å². The number of rotatable bonds is 6. The fourth-order valence-electron chi connectivity index (χ4n) is 1.43. The molecule has 1 rings (SSSR count). The highest BCUT2D eigenvalue weighted by Crippen LogP contribution is 2.24. The molecule has 0 spiro atoms. The van der Waals surface area contributed by atoms with Crippen LogP contribution in [0.25, 0.3) is 0 Å². The number of carbonyl (C=O) groups is 2. The van der Waals surface area contributed by atoms with Crippen molar-refractivity contribution in [3.05, 3.63) is 23.8 Å². The van der Waals surface area contributed by atoms with Gasteiger partial charge in [-0.2, -0.15) is 0 Å². The minimum atomic E-state index is -0.899. The van der Waals surface area contributed by atoms with Crippen LogP contribution in [0.3, 0.4) is 0 Å². The topological polar surface area (TPSA) is 61.8 Å². The van der Waals surface area contributed by atoms with Gasteiger partial charge in [0.2, 0.25) is 0 Å². The lowest BCUT2D eigenvalue weighted by Gasteiger charge is -2.09. The number of ketones is 1. The summed E-state index contributed by atoms with van der Waals surface area (Å²) < 4.78 is 15.0. The largest absolute Gasteiger partial charge is 0.496 e. The summed E-state index contributed by atoms with van der Waals surface area (Å²) in [4.78, 5) is 23.3. The molecule has 0 unspecified atom stereocenters. The first-order valence-corrected chi connectivity index (χ1v) is 5.66. The normalized spacial score (nSPS) is 9.72. The standard InChI is InChI=1S/C13H16O5/c1-4-17-9-6-7-11(16-3)10(8-9)12(14)13(15)18-5-2/h6-8H,4-5H2,1-3H3. The van der Waals surface area contributed by atoms with Gasteiger partial charge in [0.25, 0.3) is 5.78 Å². The third-order valence-corrected chi connectivity index (χ3v) is 2.19. The number of Topliss-reactive ketones (excluding diaryl/α,β-unsaturated/α-hetero) is 1. The molecule has 0 N–H and O–H groups in total. The number of esters is 1. The average Bonchev–Trinajstić information content (AvgIpc) is 2.38. The summed E-state index contributed by atoms with van der Waals surface area (Å²) in [5.41, 5.74) is 0.141. The van der Waals surface area contributed by atoms with Crippen molar-refractivity contribution in [1.82, 2.24) is 0 Å². The molecule has 98 valence electrons. The smallest absolute Gasteiger partial charge is 0.379 e. The first-order chi connectivity index (χ1) is 8.63. The number of hydrogen-bond acceptors (Lipinski definition) is 5. The van der Waals surface area contributed by atoms with Crippen molar-refractivity contribution in [2.45, 2.75) is 13.8 Å². The Hall–Kier alpha value is -2.04. The van der Waals surface area contributed by atoms with E-state index in [1.807, 2.05) is 6.92 Å². The molecule has 5 nitrogen and oxygen atoms in total. The molecule has 0 aliphatic carbocycles. The van der Waals surface area contributed by atoms with E-state index in [2.05, 4.69) is 4.74 Å². The van der Waals surface area contributed by atoms with E-state index in [4.69, 9.17) is 9.47 Å². The summed E-state index contributed by atoms with van der Waals surface area (Å²) in [6, 6.07) is 4.73. The van der Waals surface area contributed by atoms with Crippen molar-refractivity contribution in [2.24, 2.45) is 0 Å². The fourth-order valence-corrected chi connectivity index (χ4v) is 1.43. The Morgan fingerprint density at radius 1 is 1.17 bits per heavy atom. The van der Waals surface area contributed by atoms with E-state index in [1.165, 1.54) is 13.2 Å². The lowest BCUT2D eigenvalue weighted by atomic mass is 10.1. The van der Waals surface area contributed by atoms with E-state index >= 15 is 0 Å². The Morgan fingerprint density at radius 2 is 1.89 bits per heavy atom. The van der Waals surface area contributed by atoms with Gasteiger partial charge < -0.3 is 14.2 Å². The van der Waals surface area contributed by atoms with Gasteiger partial charge >= 0.3 is 5.97 Å². The molecule has 5 heteroatoms. The van der Waals surface area contributed by atoms with Crippen molar-refractivity contribution in [1.29, 1.82) is 0 Å². The Bertz CT molecular complexity index is 439. The van der Waals surface area contributed by atoms with Crippen LogP contribution in [-0.2, 0) is 9.53 Å². The molecular formula is C13H16O5. The molecule has 1 aromatic rings. The molecule has 0 bridgehead atoms. The number of benzene rings is 1. The SMILES string of the molecule is CCOC(=O)C(=O)c1cc(OCC)ccc1OC. The molecule has 0 heterocycles. The van der Waals surface area contributed by atoms with Gasteiger partial charge in [0.15, 0.2) is 0 Å². The summed E-state index contributed by atoms with van der Waals surface area (Å²) in [5, 5.41) is 0. The van der Waals surface area contributed by atoms with Gasteiger partial charge in [-0.25, -0.2) is 4.79 Å². The van der Waals surface area contributed by atoms with Crippen molar-refractivity contribution >= 4 is 11.8 Å². The maximum Gasteiger partial charge on any atom is 0.379 e. The molecule has 0 atom stereocenters. The molecule has 0 fully saturated rings. The summed E-state index contributed by atoms with van der Waals surface area (Å²) >= 11 is 0. The monoisotopic (exact) mass is 252 g/mol. The van der Waals surface area contributed by atoms with E-state index in [0.717, 1.165) is 0 Å². The van der Waals surface area contributed by atoms with Crippen molar-refractivity contribution in [2.75, 3.05) is 20.3 Å². The minimum Gasteiger partial charge on any atom is -0.496 e. The predicted octanol–water partition coefficient (Wildman–Crippen LogP) is 1.84. The quantitative estimate of drug-likeness (QED) is 0.439. The third kappa shape index (κ3) is 3.23. The first-order valence-electron chi connectivity index (χ1n) is 5.66. The van der Waals surface area contributed by atoms with Crippen LogP contribution < -0.4 is 9.47 Å². The lowest BCUT2D eigenvalue weighted by molar-refractivity contribution is -0.137. The van der Waals surface area contributed by atoms with Crippen molar-refractivity contribution in [3.8, 4) is 11.5 Å². The molecule has 0 aromatic heterocycles. The molecule has 0 aliphatic rings. The molecule has 1 aromatic carbocycles. The molecule has 18 heavy (non-hydrogen) atoms. The Morgan fingerprint density at radius 3 is 2.44 bits per heavy atom. The average molecular weight is 252 g/mol. The van der Waals surface area contributed by atoms with Crippen molar-refractivity contribution in [3.63, 3.8) is 0 Å². The van der Waals surface area contributed by atoms with Crippen LogP contribution in [0.2, 0.25) is 0 Å². The number of methoxy groups -OCH3 is 1. The zero-order valence-corrected chi connectivity index (χ0v) is 10.7. The summed E-state index contributed by atoms with van der Waals surface area (Å²) in [7, 11) is 1.43. The van der Waals surface area contributed by atoms with Crippen LogP contribution >= 0.6 is 0 Å². The van der Waals surface area contributed by atoms with Gasteiger partial charge in [0, 0.05) is 0 Å². The van der Waals surface area contributed by atoms with Gasteiger partial charge in [0.05, 0.1) is 25.9 Å². The Balaban J connectivity index is 3.07. The second-order valence-electron chi connectivity index (χ2n) is 3.34. The van der Waals surface area contributed by atoms with Crippen LogP contribution in [0.5, 0.6) is 11.5 Å². The maximum absolute atomic E-state index is 11.9. The van der Waals surface area contributed by atoms with E-state index in [-0.39, 0.29) is 12.2 Å². The van der Waals surface area contributed by atoms with E-state index in [9.17, 15) is 9.59 Å². The lowest BCUT2D eigenvalue weighted by Crippen LogP contribution is -2.18. The third-order valence-electron chi connectivity index (χ3n) is 2.19. The maximum atomic E-state index is 11.9. The first kappa shape index (κ1) is 14.0. The van der Waals surface area contributed by atoms with Crippen molar-refractivity contribution < 1.29 is 23.8 Å². The summed E-state index contributed by atoms with van der Waals surface area (Å²) in [5.74, 6) is -0.817. The van der Waals surface area contributed by atoms with Gasteiger partial charge in [-0.3, -0.25) is 4.79 Å². The molecular weight excluding hydrogens is 236 g/mol. The van der Waals surface area contributed by atoms with Crippen LogP contribution in [0, 0.1) is 0 Å². The Kier molecular flexibility index (Phi) is 5.17. The summed E-state index contributed by atoms with van der Waals surface area (Å²) in [6.07, 6.45) is 0. The van der Waals surface area contributed by atoms with Gasteiger partial charge in [-0.05, 0) is 32.0 Å². The zero-order chi connectivity index (χ0) is 13.5. The fraction of sp³-hybridized carbons (Fsp3) is 0.385. The molecule has 0 aliphatic heterocycles. The molecule has 0 saturated carbocycles. The van der Waals surface area contributed by atoms with Crippen LogP contribution in [0.1, 0.15) is 24.2 Å². The highest BCUT2D eigenvalue weighted by molar-refractivity contribution is 6.41. The predicted molar refractivity (Wildman–Crippen MR) is 65.1 cm³/mol. The highest BCUT2D eigenvalue weighted by atomic mass is 16.5. The number of hydrogen-bond donors (Lipinski definition) is 0. The molecule has 0 amide bonds. The molecule has 0 saturated heterocycles. The second kappa shape index (κ2) is 6.64. The second-order valence-corrected chi connectivity index (χ2v) is 3.34. The Labute approximate surface area is 106 Å². The highest BCUT2D eigenvalue weighted by Gasteiger charge is 2.22. The van der Waals surface area contributed by atoms with E-state index in [1.54, 1.807) is 19.1 Å². The molecule has 0 radical (unpaired) electrons. The number of ether oxygens (including phenoxy) is 3. The van der Waals surface area contributed by atoms with Gasteiger partial charge in [0.1, 0.15) is 11.5 Å². The zero-order valence-electron chi connectivity index (χ0n) is 10.7.